The fourth-order valence-electron chi connectivity index (χ4n) is 2.14. The minimum absolute atomic E-state index is 0.715. The lowest BCUT2D eigenvalue weighted by Gasteiger charge is -2.01. The van der Waals surface area contributed by atoms with Crippen LogP contribution in [0.25, 0.3) is 0 Å². The van der Waals surface area contributed by atoms with Crippen molar-refractivity contribution in [3.05, 3.63) is 30.1 Å². The lowest BCUT2D eigenvalue weighted by atomic mass is 10.1. The van der Waals surface area contributed by atoms with Crippen LogP contribution in [-0.4, -0.2) is 19.2 Å². The molecule has 128 valence electrons. The van der Waals surface area contributed by atoms with Gasteiger partial charge in [-0.2, -0.15) is 8.42 Å². The molecule has 0 unspecified atom stereocenters. The standard InChI is InChI=1S/C16H28N.CH4O3S/c1-3-5-7-8-9-13-17-14-10-12-16(15-17)11-6-4-2;1-5(2,3)4/h10,12,14-15H,3-9,11,13H2,1-2H3;1H3,(H,2,3,4)/q+1;. The molecule has 0 saturated carbocycles. The monoisotopic (exact) mass is 330 g/mol. The zero-order valence-electron chi connectivity index (χ0n) is 14.3. The minimum atomic E-state index is -3.67. The number of aromatic nitrogens is 1. The molecule has 1 N–H and O–H groups in total. The first-order chi connectivity index (χ1) is 10.4. The Morgan fingerprint density at radius 2 is 1.64 bits per heavy atom. The van der Waals surface area contributed by atoms with Crippen molar-refractivity contribution in [2.24, 2.45) is 0 Å². The number of hydrogen-bond acceptors (Lipinski definition) is 2. The Kier molecular flexibility index (Phi) is 12.1. The average molecular weight is 331 g/mol. The highest BCUT2D eigenvalue weighted by Crippen LogP contribution is 2.04. The van der Waals surface area contributed by atoms with Gasteiger partial charge >= 0.3 is 0 Å². The normalized spacial score (nSPS) is 10.9. The zero-order valence-corrected chi connectivity index (χ0v) is 15.1. The molecule has 1 aromatic rings. The SMILES string of the molecule is CCCCCCC[n+]1cccc(CCCC)c1.CS(=O)(=O)O. The van der Waals surface area contributed by atoms with E-state index in [2.05, 4.69) is 42.9 Å². The third-order valence-corrected chi connectivity index (χ3v) is 3.26. The minimum Gasteiger partial charge on any atom is -0.286 e. The van der Waals surface area contributed by atoms with Crippen molar-refractivity contribution in [2.45, 2.75) is 71.8 Å². The van der Waals surface area contributed by atoms with E-state index in [-0.39, 0.29) is 0 Å². The summed E-state index contributed by atoms with van der Waals surface area (Å²) in [6.45, 7) is 5.71. The second kappa shape index (κ2) is 12.6. The first-order valence-electron chi connectivity index (χ1n) is 8.27. The Balaban J connectivity index is 0.000000763. The van der Waals surface area contributed by atoms with Gasteiger partial charge < -0.3 is 0 Å². The average Bonchev–Trinajstić information content (AvgIpc) is 2.44. The van der Waals surface area contributed by atoms with Crippen LogP contribution in [-0.2, 0) is 23.1 Å². The number of aryl methyl sites for hydroxylation is 2. The molecule has 0 saturated heterocycles. The molecule has 0 spiro atoms. The number of rotatable bonds is 9. The Bertz CT molecular complexity index is 478. The second-order valence-corrected chi connectivity index (χ2v) is 7.17. The summed E-state index contributed by atoms with van der Waals surface area (Å²) in [4.78, 5) is 0. The topological polar surface area (TPSA) is 58.2 Å². The van der Waals surface area contributed by atoms with Crippen LogP contribution in [0.4, 0.5) is 0 Å². The third kappa shape index (κ3) is 15.4. The molecule has 1 heterocycles. The van der Waals surface area contributed by atoms with Crippen molar-refractivity contribution in [3.63, 3.8) is 0 Å². The van der Waals surface area contributed by atoms with E-state index in [1.54, 1.807) is 0 Å². The summed E-state index contributed by atoms with van der Waals surface area (Å²) in [5, 5.41) is 0. The van der Waals surface area contributed by atoms with Gasteiger partial charge in [0.05, 0.1) is 6.26 Å². The maximum atomic E-state index is 9.19. The van der Waals surface area contributed by atoms with Gasteiger partial charge in [0.15, 0.2) is 12.4 Å². The molecular weight excluding hydrogens is 298 g/mol. The van der Waals surface area contributed by atoms with Crippen LogP contribution < -0.4 is 4.57 Å². The van der Waals surface area contributed by atoms with E-state index in [0.717, 1.165) is 0 Å². The fourth-order valence-corrected chi connectivity index (χ4v) is 2.14. The van der Waals surface area contributed by atoms with Gasteiger partial charge in [-0.1, -0.05) is 39.5 Å². The molecule has 22 heavy (non-hydrogen) atoms. The van der Waals surface area contributed by atoms with Crippen LogP contribution in [0.5, 0.6) is 0 Å². The summed E-state index contributed by atoms with van der Waals surface area (Å²) in [7, 11) is -3.67. The highest BCUT2D eigenvalue weighted by Gasteiger charge is 2.02. The molecule has 0 aromatic carbocycles. The summed E-state index contributed by atoms with van der Waals surface area (Å²) in [6, 6.07) is 4.44. The van der Waals surface area contributed by atoms with Crippen molar-refractivity contribution >= 4 is 10.1 Å². The predicted octanol–water partition coefficient (Wildman–Crippen LogP) is 3.79. The smallest absolute Gasteiger partial charge is 0.261 e. The van der Waals surface area contributed by atoms with E-state index < -0.39 is 10.1 Å². The first kappa shape index (κ1) is 21.1. The predicted molar refractivity (Wildman–Crippen MR) is 91.5 cm³/mol. The molecule has 0 atom stereocenters. The molecule has 0 radical (unpaired) electrons. The Morgan fingerprint density at radius 1 is 1.05 bits per heavy atom. The quantitative estimate of drug-likeness (QED) is 0.426. The largest absolute Gasteiger partial charge is 0.286 e. The van der Waals surface area contributed by atoms with Crippen molar-refractivity contribution in [1.29, 1.82) is 0 Å². The van der Waals surface area contributed by atoms with Gasteiger partial charge in [-0.25, -0.2) is 4.57 Å². The van der Waals surface area contributed by atoms with Crippen LogP contribution in [0.3, 0.4) is 0 Å². The first-order valence-corrected chi connectivity index (χ1v) is 10.1. The Hall–Kier alpha value is -0.940. The zero-order chi connectivity index (χ0) is 16.8. The summed E-state index contributed by atoms with van der Waals surface area (Å²) in [5.41, 5.74) is 1.49. The summed E-state index contributed by atoms with van der Waals surface area (Å²) < 4.78 is 28.2. The van der Waals surface area contributed by atoms with Gasteiger partial charge in [-0.3, -0.25) is 4.55 Å². The Morgan fingerprint density at radius 3 is 2.23 bits per heavy atom. The van der Waals surface area contributed by atoms with Crippen molar-refractivity contribution in [3.8, 4) is 0 Å². The van der Waals surface area contributed by atoms with E-state index >= 15 is 0 Å². The van der Waals surface area contributed by atoms with Crippen LogP contribution in [0.1, 0.15) is 64.4 Å². The maximum Gasteiger partial charge on any atom is 0.261 e. The van der Waals surface area contributed by atoms with Gasteiger partial charge in [-0.15, -0.1) is 0 Å². The van der Waals surface area contributed by atoms with Crippen LogP contribution in [0.15, 0.2) is 24.5 Å². The van der Waals surface area contributed by atoms with Gasteiger partial charge in [0.1, 0.15) is 6.54 Å². The number of hydrogen-bond donors (Lipinski definition) is 1. The van der Waals surface area contributed by atoms with E-state index in [1.807, 2.05) is 0 Å². The van der Waals surface area contributed by atoms with Gasteiger partial charge in [0.25, 0.3) is 10.1 Å². The third-order valence-electron chi connectivity index (χ3n) is 3.26. The van der Waals surface area contributed by atoms with Crippen LogP contribution in [0.2, 0.25) is 0 Å². The molecule has 0 aliphatic heterocycles. The van der Waals surface area contributed by atoms with Gasteiger partial charge in [0, 0.05) is 18.1 Å². The lowest BCUT2D eigenvalue weighted by molar-refractivity contribution is -0.697. The molecule has 0 amide bonds. The molecule has 0 aliphatic rings. The van der Waals surface area contributed by atoms with Crippen molar-refractivity contribution < 1.29 is 17.5 Å². The molecule has 4 nitrogen and oxygen atoms in total. The number of nitrogens with zero attached hydrogens (tertiary/aromatic N) is 1. The Labute approximate surface area is 136 Å². The highest BCUT2D eigenvalue weighted by atomic mass is 32.2. The molecule has 5 heteroatoms. The maximum absolute atomic E-state index is 9.19. The van der Waals surface area contributed by atoms with E-state index in [1.165, 1.54) is 63.5 Å². The molecule has 0 fully saturated rings. The van der Waals surface area contributed by atoms with Gasteiger partial charge in [-0.05, 0) is 25.3 Å². The summed E-state index contributed by atoms with van der Waals surface area (Å²) >= 11 is 0. The molecule has 1 rings (SSSR count). The second-order valence-electron chi connectivity index (χ2n) is 5.70. The van der Waals surface area contributed by atoms with Crippen molar-refractivity contribution in [2.75, 3.05) is 6.26 Å². The molecule has 0 aliphatic carbocycles. The number of pyridine rings is 1. The molecule has 0 bridgehead atoms. The summed E-state index contributed by atoms with van der Waals surface area (Å²) in [6.07, 6.45) is 15.9. The number of unbranched alkanes of at least 4 members (excludes halogenated alkanes) is 5. The lowest BCUT2D eigenvalue weighted by Crippen LogP contribution is -2.33. The van der Waals surface area contributed by atoms with E-state index in [4.69, 9.17) is 4.55 Å². The summed E-state index contributed by atoms with van der Waals surface area (Å²) in [5.74, 6) is 0. The van der Waals surface area contributed by atoms with Gasteiger partial charge in [0.2, 0.25) is 0 Å². The van der Waals surface area contributed by atoms with E-state index in [9.17, 15) is 8.42 Å². The van der Waals surface area contributed by atoms with Crippen molar-refractivity contribution in [1.82, 2.24) is 0 Å². The fraction of sp³-hybridized carbons (Fsp3) is 0.706. The molecular formula is C17H32NO3S+. The van der Waals surface area contributed by atoms with Crippen LogP contribution in [0, 0.1) is 0 Å². The van der Waals surface area contributed by atoms with E-state index in [0.29, 0.717) is 6.26 Å². The van der Waals surface area contributed by atoms with Crippen LogP contribution >= 0.6 is 0 Å². The highest BCUT2D eigenvalue weighted by molar-refractivity contribution is 7.85. The molecule has 1 aromatic heterocycles.